The van der Waals surface area contributed by atoms with Crippen LogP contribution in [-0.4, -0.2) is 21.7 Å². The van der Waals surface area contributed by atoms with Gasteiger partial charge in [0.2, 0.25) is 5.95 Å². The highest BCUT2D eigenvalue weighted by Crippen LogP contribution is 2.15. The topological polar surface area (TPSA) is 108 Å². The van der Waals surface area contributed by atoms with Gasteiger partial charge in [-0.25, -0.2) is 9.97 Å². The Morgan fingerprint density at radius 1 is 0.963 bits per heavy atom. The highest BCUT2D eigenvalue weighted by molar-refractivity contribution is 6.04. The number of carbonyl (C=O) groups excluding carboxylic acids is 2. The van der Waals surface area contributed by atoms with Crippen molar-refractivity contribution in [2.45, 2.75) is 6.92 Å². The molecule has 7 heteroatoms. The van der Waals surface area contributed by atoms with Gasteiger partial charge in [0.1, 0.15) is 0 Å². The van der Waals surface area contributed by atoms with E-state index in [2.05, 4.69) is 20.6 Å². The lowest BCUT2D eigenvalue weighted by Crippen LogP contribution is -2.13. The molecule has 1 amide bonds. The molecule has 0 aliphatic heterocycles. The van der Waals surface area contributed by atoms with Crippen LogP contribution in [0.3, 0.4) is 0 Å². The maximum Gasteiger partial charge on any atom is 0.258 e. The zero-order chi connectivity index (χ0) is 19.2. The molecule has 2 aromatic carbocycles. The average molecular weight is 357 g/mol. The van der Waals surface area contributed by atoms with Gasteiger partial charge in [-0.1, -0.05) is 12.1 Å². The summed E-state index contributed by atoms with van der Waals surface area (Å²) in [5.41, 5.74) is 2.61. The van der Waals surface area contributed by atoms with E-state index in [9.17, 15) is 9.59 Å². The molecular formula is C20H15N5O2. The Balaban J connectivity index is 1.67. The fourth-order valence-corrected chi connectivity index (χ4v) is 2.29. The monoisotopic (exact) mass is 357 g/mol. The summed E-state index contributed by atoms with van der Waals surface area (Å²) in [7, 11) is 0. The molecule has 0 radical (unpaired) electrons. The van der Waals surface area contributed by atoms with E-state index in [1.54, 1.807) is 48.5 Å². The Hall–Kier alpha value is -4.05. The molecule has 7 nitrogen and oxygen atoms in total. The number of nitrogens with one attached hydrogen (secondary N) is 2. The summed E-state index contributed by atoms with van der Waals surface area (Å²) in [5, 5.41) is 14.5. The van der Waals surface area contributed by atoms with Crippen LogP contribution < -0.4 is 10.6 Å². The van der Waals surface area contributed by atoms with Crippen LogP contribution >= 0.6 is 0 Å². The van der Waals surface area contributed by atoms with Crippen LogP contribution in [0, 0.1) is 11.3 Å². The second kappa shape index (κ2) is 7.89. The van der Waals surface area contributed by atoms with Gasteiger partial charge < -0.3 is 10.6 Å². The number of Topliss-reactive ketones (excluding diaryl/α,β-unsaturated/α-hetero) is 1. The minimum absolute atomic E-state index is 0.0762. The van der Waals surface area contributed by atoms with E-state index in [0.29, 0.717) is 22.8 Å². The summed E-state index contributed by atoms with van der Waals surface area (Å²) in [6.45, 7) is 1.47. The fraction of sp³-hybridized carbons (Fsp3) is 0.0500. The maximum absolute atomic E-state index is 12.3. The molecule has 3 rings (SSSR count). The van der Waals surface area contributed by atoms with Gasteiger partial charge in [0, 0.05) is 29.3 Å². The first-order valence-electron chi connectivity index (χ1n) is 8.07. The zero-order valence-corrected chi connectivity index (χ0v) is 14.4. The van der Waals surface area contributed by atoms with Crippen LogP contribution in [0.15, 0.2) is 60.9 Å². The standard InChI is InChI=1S/C20H15N5O2/c1-13(26)15-3-2-4-18(9-15)24-19(27)16-11-22-20(23-12-16)25-17-7-5-14(10-21)6-8-17/h2-9,11-12H,1H3,(H,24,27)(H,22,23,25). The number of hydrogen-bond acceptors (Lipinski definition) is 6. The first-order chi connectivity index (χ1) is 13.0. The molecule has 1 heterocycles. The van der Waals surface area contributed by atoms with Crippen LogP contribution in [0.25, 0.3) is 0 Å². The Bertz CT molecular complexity index is 1020. The number of benzene rings is 2. The minimum Gasteiger partial charge on any atom is -0.324 e. The summed E-state index contributed by atoms with van der Waals surface area (Å²) >= 11 is 0. The zero-order valence-electron chi connectivity index (χ0n) is 14.4. The lowest BCUT2D eigenvalue weighted by Gasteiger charge is -2.07. The molecule has 0 saturated heterocycles. The first-order valence-corrected chi connectivity index (χ1v) is 8.07. The van der Waals surface area contributed by atoms with Crippen LogP contribution in [0.4, 0.5) is 17.3 Å². The molecule has 0 saturated carbocycles. The average Bonchev–Trinajstić information content (AvgIpc) is 2.69. The molecule has 0 aliphatic carbocycles. The normalized spacial score (nSPS) is 9.93. The Labute approximate surface area is 155 Å². The van der Waals surface area contributed by atoms with E-state index in [4.69, 9.17) is 5.26 Å². The van der Waals surface area contributed by atoms with Crippen molar-refractivity contribution in [2.24, 2.45) is 0 Å². The van der Waals surface area contributed by atoms with Crippen molar-refractivity contribution in [3.63, 3.8) is 0 Å². The van der Waals surface area contributed by atoms with Crippen molar-refractivity contribution < 1.29 is 9.59 Å². The van der Waals surface area contributed by atoms with Gasteiger partial charge in [0.15, 0.2) is 5.78 Å². The Kier molecular flexibility index (Phi) is 5.19. The summed E-state index contributed by atoms with van der Waals surface area (Å²) in [5.74, 6) is -0.122. The third-order valence-electron chi connectivity index (χ3n) is 3.71. The van der Waals surface area contributed by atoms with Crippen molar-refractivity contribution >= 4 is 29.0 Å². The number of aromatic nitrogens is 2. The SMILES string of the molecule is CC(=O)c1cccc(NC(=O)c2cnc(Nc3ccc(C#N)cc3)nc2)c1. The van der Waals surface area contributed by atoms with E-state index in [0.717, 1.165) is 5.69 Å². The molecule has 0 spiro atoms. The van der Waals surface area contributed by atoms with Crippen molar-refractivity contribution in [3.8, 4) is 6.07 Å². The van der Waals surface area contributed by atoms with E-state index < -0.39 is 0 Å². The van der Waals surface area contributed by atoms with Crippen molar-refractivity contribution in [1.29, 1.82) is 5.26 Å². The van der Waals surface area contributed by atoms with Crippen molar-refractivity contribution in [1.82, 2.24) is 9.97 Å². The molecule has 0 aliphatic rings. The molecule has 132 valence electrons. The Morgan fingerprint density at radius 3 is 2.30 bits per heavy atom. The van der Waals surface area contributed by atoms with Gasteiger partial charge in [-0.3, -0.25) is 9.59 Å². The Morgan fingerprint density at radius 2 is 1.67 bits per heavy atom. The van der Waals surface area contributed by atoms with Gasteiger partial charge >= 0.3 is 0 Å². The predicted octanol–water partition coefficient (Wildman–Crippen LogP) is 3.55. The van der Waals surface area contributed by atoms with Crippen molar-refractivity contribution in [3.05, 3.63) is 77.6 Å². The van der Waals surface area contributed by atoms with Crippen LogP contribution in [0.5, 0.6) is 0 Å². The summed E-state index contributed by atoms with van der Waals surface area (Å²) < 4.78 is 0. The second-order valence-corrected chi connectivity index (χ2v) is 5.70. The van der Waals surface area contributed by atoms with Crippen LogP contribution in [-0.2, 0) is 0 Å². The molecule has 0 atom stereocenters. The summed E-state index contributed by atoms with van der Waals surface area (Å²) in [6, 6.07) is 15.6. The molecule has 2 N–H and O–H groups in total. The molecule has 3 aromatic rings. The maximum atomic E-state index is 12.3. The lowest BCUT2D eigenvalue weighted by molar-refractivity contribution is 0.101. The van der Waals surface area contributed by atoms with E-state index in [-0.39, 0.29) is 17.3 Å². The smallest absolute Gasteiger partial charge is 0.258 e. The largest absolute Gasteiger partial charge is 0.324 e. The summed E-state index contributed by atoms with van der Waals surface area (Å²) in [6.07, 6.45) is 2.81. The van der Waals surface area contributed by atoms with Gasteiger partial charge in [-0.05, 0) is 43.3 Å². The molecule has 0 unspecified atom stereocenters. The van der Waals surface area contributed by atoms with E-state index in [1.807, 2.05) is 6.07 Å². The highest BCUT2D eigenvalue weighted by atomic mass is 16.1. The third kappa shape index (κ3) is 4.52. The number of nitrogens with zero attached hydrogens (tertiary/aromatic N) is 3. The highest BCUT2D eigenvalue weighted by Gasteiger charge is 2.09. The number of carbonyl (C=O) groups is 2. The van der Waals surface area contributed by atoms with Crippen LogP contribution in [0.2, 0.25) is 0 Å². The quantitative estimate of drug-likeness (QED) is 0.676. The second-order valence-electron chi connectivity index (χ2n) is 5.70. The van der Waals surface area contributed by atoms with Gasteiger partial charge in [-0.2, -0.15) is 5.26 Å². The number of hydrogen-bond donors (Lipinski definition) is 2. The molecule has 0 fully saturated rings. The molecule has 1 aromatic heterocycles. The van der Waals surface area contributed by atoms with E-state index in [1.165, 1.54) is 19.3 Å². The number of amides is 1. The van der Waals surface area contributed by atoms with Crippen molar-refractivity contribution in [2.75, 3.05) is 10.6 Å². The molecule has 0 bridgehead atoms. The minimum atomic E-state index is -0.374. The number of nitriles is 1. The number of anilines is 3. The molecular weight excluding hydrogens is 342 g/mol. The van der Waals surface area contributed by atoms with Gasteiger partial charge in [0.25, 0.3) is 5.91 Å². The fourth-order valence-electron chi connectivity index (χ4n) is 2.29. The summed E-state index contributed by atoms with van der Waals surface area (Å²) in [4.78, 5) is 32.0. The van der Waals surface area contributed by atoms with Gasteiger partial charge in [0.05, 0.1) is 17.2 Å². The predicted molar refractivity (Wildman–Crippen MR) is 101 cm³/mol. The first kappa shape index (κ1) is 17.8. The van der Waals surface area contributed by atoms with Gasteiger partial charge in [-0.15, -0.1) is 0 Å². The lowest BCUT2D eigenvalue weighted by atomic mass is 10.1. The third-order valence-corrected chi connectivity index (χ3v) is 3.71. The van der Waals surface area contributed by atoms with E-state index >= 15 is 0 Å². The number of rotatable bonds is 5. The molecule has 27 heavy (non-hydrogen) atoms. The number of ketones is 1. The van der Waals surface area contributed by atoms with Crippen LogP contribution in [0.1, 0.15) is 33.2 Å².